The fourth-order valence-electron chi connectivity index (χ4n) is 2.06. The van der Waals surface area contributed by atoms with Crippen LogP contribution in [0.3, 0.4) is 0 Å². The number of H-pyrrole nitrogens is 1. The smallest absolute Gasteiger partial charge is 0.365 e. The zero-order valence-electron chi connectivity index (χ0n) is 12.1. The molecule has 0 unspecified atom stereocenters. The molecule has 0 aromatic carbocycles. The van der Waals surface area contributed by atoms with E-state index >= 15 is 0 Å². The van der Waals surface area contributed by atoms with Gasteiger partial charge in [-0.15, -0.1) is 0 Å². The third-order valence-corrected chi connectivity index (χ3v) is 3.31. The summed E-state index contributed by atoms with van der Waals surface area (Å²) in [4.78, 5) is 31.5. The Morgan fingerprint density at radius 1 is 1.50 bits per heavy atom. The minimum Gasteiger partial charge on any atom is -0.365 e. The molecule has 2 rings (SSSR count). The van der Waals surface area contributed by atoms with Gasteiger partial charge in [0.2, 0.25) is 0 Å². The molecule has 0 spiro atoms. The van der Waals surface area contributed by atoms with Crippen molar-refractivity contribution in [3.63, 3.8) is 0 Å². The second kappa shape index (κ2) is 6.07. The summed E-state index contributed by atoms with van der Waals surface area (Å²) in [5, 5.41) is 0. The first-order chi connectivity index (χ1) is 10.2. The Morgan fingerprint density at radius 2 is 2.18 bits per heavy atom. The van der Waals surface area contributed by atoms with Crippen LogP contribution >= 0.6 is 0 Å². The van der Waals surface area contributed by atoms with Crippen molar-refractivity contribution in [1.29, 1.82) is 0 Å². The molecular formula is C13H16F3N3O3. The lowest BCUT2D eigenvalue weighted by atomic mass is 10.2. The van der Waals surface area contributed by atoms with Crippen LogP contribution in [-0.2, 0) is 4.74 Å². The van der Waals surface area contributed by atoms with E-state index in [0.29, 0.717) is 5.82 Å². The van der Waals surface area contributed by atoms with Crippen LogP contribution in [0.15, 0.2) is 11.0 Å². The first kappa shape index (κ1) is 16.5. The maximum absolute atomic E-state index is 12.7. The Kier molecular flexibility index (Phi) is 4.55. The molecule has 6 nitrogen and oxygen atoms in total. The molecule has 9 heteroatoms. The van der Waals surface area contributed by atoms with E-state index in [-0.39, 0.29) is 24.6 Å². The van der Waals surface area contributed by atoms with Gasteiger partial charge in [-0.3, -0.25) is 9.59 Å². The molecule has 1 amide bonds. The third-order valence-electron chi connectivity index (χ3n) is 3.31. The fraction of sp³-hybridized carbons (Fsp3) is 0.615. The minimum absolute atomic E-state index is 0.00319. The first-order valence-corrected chi connectivity index (χ1v) is 6.77. The van der Waals surface area contributed by atoms with Crippen LogP contribution in [0.2, 0.25) is 0 Å². The van der Waals surface area contributed by atoms with Crippen molar-refractivity contribution < 1.29 is 22.7 Å². The highest BCUT2D eigenvalue weighted by molar-refractivity contribution is 5.93. The summed E-state index contributed by atoms with van der Waals surface area (Å²) >= 11 is 0. The molecule has 1 aliphatic heterocycles. The number of nitrogens with zero attached hydrogens (tertiary/aromatic N) is 2. The Labute approximate surface area is 124 Å². The van der Waals surface area contributed by atoms with Gasteiger partial charge in [-0.05, 0) is 0 Å². The van der Waals surface area contributed by atoms with Crippen LogP contribution in [0.4, 0.5) is 13.2 Å². The maximum atomic E-state index is 12.7. The number of halogens is 3. The molecule has 0 radical (unpaired) electrons. The van der Waals surface area contributed by atoms with Gasteiger partial charge in [0, 0.05) is 18.7 Å². The van der Waals surface area contributed by atoms with E-state index in [0.717, 1.165) is 11.1 Å². The number of nitrogens with one attached hydrogen (secondary N) is 1. The van der Waals surface area contributed by atoms with Crippen molar-refractivity contribution in [3.05, 3.63) is 27.9 Å². The molecule has 1 saturated heterocycles. The minimum atomic E-state index is -4.55. The van der Waals surface area contributed by atoms with E-state index in [4.69, 9.17) is 0 Å². The number of morpholine rings is 1. The average Bonchev–Trinajstić information content (AvgIpc) is 2.45. The molecule has 1 atom stereocenters. The van der Waals surface area contributed by atoms with E-state index in [1.54, 1.807) is 0 Å². The number of carbonyl (C=O) groups is 1. The molecule has 2 heterocycles. The van der Waals surface area contributed by atoms with Gasteiger partial charge in [-0.2, -0.15) is 13.2 Å². The predicted octanol–water partition coefficient (Wildman–Crippen LogP) is 1.30. The Balaban J connectivity index is 2.19. The van der Waals surface area contributed by atoms with Crippen molar-refractivity contribution in [2.45, 2.75) is 32.0 Å². The summed E-state index contributed by atoms with van der Waals surface area (Å²) in [6.45, 7) is 2.77. The number of alkyl halides is 3. The number of aromatic nitrogens is 2. The van der Waals surface area contributed by atoms with Gasteiger partial charge in [0.05, 0.1) is 13.2 Å². The number of rotatable bonds is 2. The van der Waals surface area contributed by atoms with Gasteiger partial charge in [-0.1, -0.05) is 13.8 Å². The summed E-state index contributed by atoms with van der Waals surface area (Å²) in [6, 6.07) is 0. The molecule has 0 aliphatic carbocycles. The quantitative estimate of drug-likeness (QED) is 0.891. The van der Waals surface area contributed by atoms with Crippen molar-refractivity contribution in [3.8, 4) is 0 Å². The molecule has 1 aromatic rings. The van der Waals surface area contributed by atoms with Crippen molar-refractivity contribution in [1.82, 2.24) is 14.9 Å². The Hall–Kier alpha value is -1.90. The number of amides is 1. The van der Waals surface area contributed by atoms with E-state index < -0.39 is 30.3 Å². The predicted molar refractivity (Wildman–Crippen MR) is 70.6 cm³/mol. The zero-order valence-corrected chi connectivity index (χ0v) is 12.1. The number of hydrogen-bond donors (Lipinski definition) is 1. The summed E-state index contributed by atoms with van der Waals surface area (Å²) in [5.41, 5.74) is -0.925. The highest BCUT2D eigenvalue weighted by Crippen LogP contribution is 2.26. The van der Waals surface area contributed by atoms with Crippen LogP contribution < -0.4 is 5.56 Å². The van der Waals surface area contributed by atoms with Crippen LogP contribution in [0.25, 0.3) is 0 Å². The largest absolute Gasteiger partial charge is 0.416 e. The molecule has 1 aromatic heterocycles. The molecule has 1 N–H and O–H groups in total. The summed E-state index contributed by atoms with van der Waals surface area (Å²) in [7, 11) is 0. The highest BCUT2D eigenvalue weighted by Gasteiger charge is 2.44. The van der Waals surface area contributed by atoms with Crippen LogP contribution in [-0.4, -0.2) is 52.8 Å². The monoisotopic (exact) mass is 319 g/mol. The summed E-state index contributed by atoms with van der Waals surface area (Å²) in [6.07, 6.45) is -5.48. The van der Waals surface area contributed by atoms with Gasteiger partial charge < -0.3 is 14.6 Å². The van der Waals surface area contributed by atoms with E-state index in [2.05, 4.69) is 14.7 Å². The molecule has 1 fully saturated rings. The average molecular weight is 319 g/mol. The van der Waals surface area contributed by atoms with Crippen molar-refractivity contribution >= 4 is 5.91 Å². The summed E-state index contributed by atoms with van der Waals surface area (Å²) < 4.78 is 42.6. The standard InChI is InChI=1S/C13H16F3N3O3/c1-7(2)10-17-5-8(11(20)18-10)12(21)19-3-4-22-9(6-19)13(14,15)16/h5,7,9H,3-4,6H2,1-2H3,(H,17,18,20)/t9-/m0/s1. The van der Waals surface area contributed by atoms with Crippen LogP contribution in [0, 0.1) is 0 Å². The molecule has 122 valence electrons. The van der Waals surface area contributed by atoms with Crippen molar-refractivity contribution in [2.75, 3.05) is 19.7 Å². The SMILES string of the molecule is CC(C)c1ncc(C(=O)N2CCO[C@H](C(F)(F)F)C2)c(=O)[nH]1. The lowest BCUT2D eigenvalue weighted by Gasteiger charge is -2.33. The van der Waals surface area contributed by atoms with Gasteiger partial charge in [0.1, 0.15) is 11.4 Å². The van der Waals surface area contributed by atoms with Gasteiger partial charge in [0.25, 0.3) is 11.5 Å². The second-order valence-corrected chi connectivity index (χ2v) is 5.32. The van der Waals surface area contributed by atoms with E-state index in [1.165, 1.54) is 0 Å². The van der Waals surface area contributed by atoms with Crippen molar-refractivity contribution in [2.24, 2.45) is 0 Å². The zero-order chi connectivity index (χ0) is 16.5. The molecule has 0 saturated carbocycles. The number of carbonyl (C=O) groups excluding carboxylic acids is 1. The van der Waals surface area contributed by atoms with Crippen LogP contribution in [0.1, 0.15) is 35.9 Å². The van der Waals surface area contributed by atoms with Crippen LogP contribution in [0.5, 0.6) is 0 Å². The number of hydrogen-bond acceptors (Lipinski definition) is 4. The van der Waals surface area contributed by atoms with Gasteiger partial charge in [0.15, 0.2) is 6.10 Å². The Bertz CT molecular complexity index is 613. The molecule has 22 heavy (non-hydrogen) atoms. The summed E-state index contributed by atoms with van der Waals surface area (Å²) in [5.74, 6) is -0.395. The topological polar surface area (TPSA) is 75.3 Å². The van der Waals surface area contributed by atoms with E-state index in [1.807, 2.05) is 13.8 Å². The molecule has 0 bridgehead atoms. The normalized spacial score (nSPS) is 19.5. The third kappa shape index (κ3) is 3.46. The lowest BCUT2D eigenvalue weighted by molar-refractivity contribution is -0.233. The first-order valence-electron chi connectivity index (χ1n) is 6.77. The van der Waals surface area contributed by atoms with E-state index in [9.17, 15) is 22.8 Å². The fourth-order valence-corrected chi connectivity index (χ4v) is 2.06. The van der Waals surface area contributed by atoms with Gasteiger partial charge >= 0.3 is 6.18 Å². The lowest BCUT2D eigenvalue weighted by Crippen LogP contribution is -2.51. The Morgan fingerprint density at radius 3 is 2.73 bits per heavy atom. The highest BCUT2D eigenvalue weighted by atomic mass is 19.4. The molecular weight excluding hydrogens is 303 g/mol. The number of aromatic amines is 1. The number of ether oxygens (including phenoxy) is 1. The molecule has 1 aliphatic rings. The van der Waals surface area contributed by atoms with Gasteiger partial charge in [-0.25, -0.2) is 4.98 Å². The maximum Gasteiger partial charge on any atom is 0.416 e. The second-order valence-electron chi connectivity index (χ2n) is 5.32.